The first-order chi connectivity index (χ1) is 7.73. The molecule has 0 heterocycles. The molecule has 0 aliphatic carbocycles. The second kappa shape index (κ2) is 5.42. The van der Waals surface area contributed by atoms with Crippen LogP contribution >= 0.6 is 0 Å². The van der Waals surface area contributed by atoms with Crippen LogP contribution in [0.15, 0.2) is 18.2 Å². The van der Waals surface area contributed by atoms with Crippen molar-refractivity contribution in [3.8, 4) is 0 Å². The first-order valence-corrected chi connectivity index (χ1v) is 6.81. The predicted molar refractivity (Wildman–Crippen MR) is 74.0 cm³/mol. The van der Waals surface area contributed by atoms with E-state index >= 15 is 0 Å². The summed E-state index contributed by atoms with van der Waals surface area (Å²) in [7, 11) is 1.73. The lowest BCUT2D eigenvalue weighted by Crippen LogP contribution is -2.41. The van der Waals surface area contributed by atoms with Gasteiger partial charge >= 0.3 is 0 Å². The van der Waals surface area contributed by atoms with Crippen LogP contribution in [0.2, 0.25) is 0 Å². The largest absolute Gasteiger partial charge is 0.598 e. The van der Waals surface area contributed by atoms with Gasteiger partial charge in [0.25, 0.3) is 0 Å². The van der Waals surface area contributed by atoms with Crippen LogP contribution in [0.5, 0.6) is 0 Å². The maximum atomic E-state index is 13.9. The van der Waals surface area contributed by atoms with Crippen LogP contribution < -0.4 is 10.2 Å². The van der Waals surface area contributed by atoms with E-state index in [0.717, 1.165) is 0 Å². The van der Waals surface area contributed by atoms with E-state index in [1.54, 1.807) is 20.0 Å². The molecule has 0 spiro atoms. The molecule has 0 aliphatic rings. The number of nitrogens with one attached hydrogen (secondary N) is 1. The molecule has 1 aromatic rings. The Hall–Kier alpha value is -0.515. The Kier molecular flexibility index (Phi) is 4.64. The van der Waals surface area contributed by atoms with Crippen molar-refractivity contribution in [1.82, 2.24) is 4.72 Å². The van der Waals surface area contributed by atoms with Gasteiger partial charge in [-0.2, -0.15) is 0 Å². The molecule has 1 rings (SSSR count). The standard InChI is InChI=1S/C12H19BFNOS/c1-8(15-17(16)12(2,3)4)9-6-5-7-10(13)11(9)14/h5-8,15H,13H2,1-4H3. The van der Waals surface area contributed by atoms with Gasteiger partial charge in [-0.05, 0) is 27.7 Å². The zero-order valence-electron chi connectivity index (χ0n) is 11.0. The zero-order valence-corrected chi connectivity index (χ0v) is 11.8. The lowest BCUT2D eigenvalue weighted by atomic mass is 9.92. The Morgan fingerprint density at radius 3 is 2.53 bits per heavy atom. The average molecular weight is 255 g/mol. The number of benzene rings is 1. The third-order valence-corrected chi connectivity index (χ3v) is 4.21. The van der Waals surface area contributed by atoms with Crippen molar-refractivity contribution in [2.75, 3.05) is 0 Å². The summed E-state index contributed by atoms with van der Waals surface area (Å²) in [5, 5.41) is 0. The molecule has 2 atom stereocenters. The van der Waals surface area contributed by atoms with Crippen LogP contribution in [0.25, 0.3) is 0 Å². The van der Waals surface area contributed by atoms with Crippen LogP contribution in [-0.2, 0) is 11.4 Å². The highest BCUT2D eigenvalue weighted by Crippen LogP contribution is 2.20. The number of hydrogen-bond donors (Lipinski definition) is 1. The minimum atomic E-state index is -1.20. The first-order valence-electron chi connectivity index (χ1n) is 5.66. The van der Waals surface area contributed by atoms with Crippen LogP contribution in [0.3, 0.4) is 0 Å². The lowest BCUT2D eigenvalue weighted by Gasteiger charge is -2.26. The molecule has 5 heteroatoms. The van der Waals surface area contributed by atoms with Crippen molar-refractivity contribution < 1.29 is 8.94 Å². The summed E-state index contributed by atoms with van der Waals surface area (Å²) >= 11 is -1.20. The lowest BCUT2D eigenvalue weighted by molar-refractivity contribution is 0.523. The fourth-order valence-corrected chi connectivity index (χ4v) is 2.21. The normalized spacial score (nSPS) is 15.6. The predicted octanol–water partition coefficient (Wildman–Crippen LogP) is 1.20. The van der Waals surface area contributed by atoms with E-state index in [4.69, 9.17) is 0 Å². The summed E-state index contributed by atoms with van der Waals surface area (Å²) in [6.07, 6.45) is 0. The van der Waals surface area contributed by atoms with Gasteiger partial charge in [0, 0.05) is 16.9 Å². The van der Waals surface area contributed by atoms with Crippen LogP contribution in [0.4, 0.5) is 4.39 Å². The van der Waals surface area contributed by atoms with Gasteiger partial charge in [-0.1, -0.05) is 23.7 Å². The van der Waals surface area contributed by atoms with Gasteiger partial charge in [-0.25, -0.2) is 4.39 Å². The molecule has 0 radical (unpaired) electrons. The van der Waals surface area contributed by atoms with E-state index in [1.807, 2.05) is 33.8 Å². The second-order valence-electron chi connectivity index (χ2n) is 5.20. The van der Waals surface area contributed by atoms with Crippen LogP contribution in [0, 0.1) is 5.82 Å². The highest BCUT2D eigenvalue weighted by molar-refractivity contribution is 7.90. The minimum Gasteiger partial charge on any atom is -0.598 e. The van der Waals surface area contributed by atoms with Gasteiger partial charge in [0.1, 0.15) is 18.4 Å². The number of halogens is 1. The minimum absolute atomic E-state index is 0.224. The molecule has 1 aromatic carbocycles. The Labute approximate surface area is 107 Å². The topological polar surface area (TPSA) is 35.1 Å². The summed E-state index contributed by atoms with van der Waals surface area (Å²) in [5.74, 6) is -0.224. The highest BCUT2D eigenvalue weighted by atomic mass is 32.2. The van der Waals surface area contributed by atoms with E-state index in [0.29, 0.717) is 11.0 Å². The molecule has 0 bridgehead atoms. The molecule has 0 aliphatic heterocycles. The molecular weight excluding hydrogens is 236 g/mol. The Morgan fingerprint density at radius 1 is 1.41 bits per heavy atom. The fourth-order valence-electron chi connectivity index (χ4n) is 1.41. The molecule has 1 N–H and O–H groups in total. The van der Waals surface area contributed by atoms with E-state index < -0.39 is 11.4 Å². The first kappa shape index (κ1) is 14.5. The molecule has 0 fully saturated rings. The summed E-state index contributed by atoms with van der Waals surface area (Å²) in [4.78, 5) is 0. The van der Waals surface area contributed by atoms with E-state index in [2.05, 4.69) is 4.72 Å². The summed E-state index contributed by atoms with van der Waals surface area (Å²) < 4.78 is 28.4. The molecule has 0 saturated heterocycles. The van der Waals surface area contributed by atoms with Crippen molar-refractivity contribution in [3.05, 3.63) is 29.6 Å². The third-order valence-electron chi connectivity index (χ3n) is 2.53. The van der Waals surface area contributed by atoms with Gasteiger partial charge in [-0.15, -0.1) is 4.72 Å². The SMILES string of the molecule is Bc1cccc(C(C)N[S+]([O-])C(C)(C)C)c1F. The Balaban J connectivity index is 2.84. The molecule has 2 unspecified atom stereocenters. The second-order valence-corrected chi connectivity index (χ2v) is 7.20. The quantitative estimate of drug-likeness (QED) is 0.650. The third kappa shape index (κ3) is 3.73. The number of hydrogen-bond acceptors (Lipinski definition) is 2. The van der Waals surface area contributed by atoms with Crippen LogP contribution in [0.1, 0.15) is 39.3 Å². The van der Waals surface area contributed by atoms with Gasteiger partial charge in [0.15, 0.2) is 0 Å². The van der Waals surface area contributed by atoms with E-state index in [-0.39, 0.29) is 16.6 Å². The van der Waals surface area contributed by atoms with E-state index in [1.165, 1.54) is 0 Å². The van der Waals surface area contributed by atoms with Crippen molar-refractivity contribution in [3.63, 3.8) is 0 Å². The van der Waals surface area contributed by atoms with Crippen LogP contribution in [-0.4, -0.2) is 17.1 Å². The van der Waals surface area contributed by atoms with Gasteiger partial charge in [0.2, 0.25) is 0 Å². The summed E-state index contributed by atoms with van der Waals surface area (Å²) in [6, 6.07) is 4.99. The van der Waals surface area contributed by atoms with E-state index in [9.17, 15) is 8.94 Å². The molecule has 0 amide bonds. The van der Waals surface area contributed by atoms with Crippen molar-refractivity contribution in [2.45, 2.75) is 38.5 Å². The average Bonchev–Trinajstić information content (AvgIpc) is 2.20. The number of rotatable bonds is 3. The highest BCUT2D eigenvalue weighted by Gasteiger charge is 2.29. The Morgan fingerprint density at radius 2 is 2.00 bits per heavy atom. The van der Waals surface area contributed by atoms with Crippen molar-refractivity contribution >= 4 is 24.7 Å². The van der Waals surface area contributed by atoms with Gasteiger partial charge < -0.3 is 4.55 Å². The van der Waals surface area contributed by atoms with Gasteiger partial charge in [-0.3, -0.25) is 0 Å². The van der Waals surface area contributed by atoms with Crippen molar-refractivity contribution in [1.29, 1.82) is 0 Å². The van der Waals surface area contributed by atoms with Crippen molar-refractivity contribution in [2.24, 2.45) is 0 Å². The zero-order chi connectivity index (χ0) is 13.2. The molecule has 17 heavy (non-hydrogen) atoms. The molecule has 2 nitrogen and oxygen atoms in total. The molecule has 94 valence electrons. The Bertz CT molecular complexity index is 395. The summed E-state index contributed by atoms with van der Waals surface area (Å²) in [6.45, 7) is 7.47. The molecule has 0 aromatic heterocycles. The maximum absolute atomic E-state index is 13.9. The molecular formula is C12H19BFNOS. The smallest absolute Gasteiger partial charge is 0.143 e. The summed E-state index contributed by atoms with van der Waals surface area (Å²) in [5.41, 5.74) is 1.17. The maximum Gasteiger partial charge on any atom is 0.143 e. The monoisotopic (exact) mass is 255 g/mol. The molecule has 0 saturated carbocycles. The van der Waals surface area contributed by atoms with Gasteiger partial charge in [0.05, 0.1) is 6.04 Å². The fraction of sp³-hybridized carbons (Fsp3) is 0.500.